The zero-order valence-electron chi connectivity index (χ0n) is 14.0. The first-order valence-corrected chi connectivity index (χ1v) is 7.92. The Bertz CT molecular complexity index is 907. The van der Waals surface area contributed by atoms with Crippen LogP contribution in [-0.4, -0.2) is 14.8 Å². The molecule has 2 heterocycles. The van der Waals surface area contributed by atoms with E-state index < -0.39 is 15.8 Å². The zero-order valence-corrected chi connectivity index (χ0v) is 14.0. The molecular formula is C18H16N4O4. The van der Waals surface area contributed by atoms with E-state index >= 15 is 0 Å². The van der Waals surface area contributed by atoms with E-state index in [4.69, 9.17) is 0 Å². The van der Waals surface area contributed by atoms with Gasteiger partial charge in [-0.2, -0.15) is 0 Å². The maximum atomic E-state index is 11.9. The number of benzene rings is 1. The highest BCUT2D eigenvalue weighted by molar-refractivity contribution is 5.41. The van der Waals surface area contributed by atoms with Crippen molar-refractivity contribution in [1.29, 1.82) is 0 Å². The molecule has 1 aromatic heterocycles. The fourth-order valence-corrected chi connectivity index (χ4v) is 3.13. The molecule has 1 atom stereocenters. The van der Waals surface area contributed by atoms with Gasteiger partial charge in [0.05, 0.1) is 21.2 Å². The largest absolute Gasteiger partial charge is 0.352 e. The lowest BCUT2D eigenvalue weighted by molar-refractivity contribution is -0.457. The predicted molar refractivity (Wildman–Crippen MR) is 94.0 cm³/mol. The van der Waals surface area contributed by atoms with E-state index in [0.717, 1.165) is 5.56 Å². The van der Waals surface area contributed by atoms with Crippen molar-refractivity contribution in [2.45, 2.75) is 19.3 Å². The van der Waals surface area contributed by atoms with Gasteiger partial charge >= 0.3 is 0 Å². The van der Waals surface area contributed by atoms with E-state index in [1.165, 1.54) is 12.4 Å². The first kappa shape index (κ1) is 17.3. The molecule has 1 N–H and O–H groups in total. The van der Waals surface area contributed by atoms with Crippen molar-refractivity contribution in [3.8, 4) is 0 Å². The van der Waals surface area contributed by atoms with E-state index in [1.807, 2.05) is 30.3 Å². The summed E-state index contributed by atoms with van der Waals surface area (Å²) in [5, 5.41) is 26.4. The van der Waals surface area contributed by atoms with Crippen LogP contribution in [0.1, 0.15) is 24.0 Å². The quantitative estimate of drug-likeness (QED) is 0.654. The Hall–Kier alpha value is -3.55. The van der Waals surface area contributed by atoms with Crippen LogP contribution in [0.3, 0.4) is 0 Å². The minimum atomic E-state index is -1.09. The van der Waals surface area contributed by atoms with Gasteiger partial charge in [0.25, 0.3) is 11.4 Å². The van der Waals surface area contributed by atoms with Gasteiger partial charge in [0.2, 0.25) is 0 Å². The van der Waals surface area contributed by atoms with Gasteiger partial charge in [0.15, 0.2) is 5.92 Å². The Morgan fingerprint density at radius 3 is 2.31 bits per heavy atom. The minimum absolute atomic E-state index is 0.223. The molecule has 2 aromatic rings. The fraction of sp³-hybridized carbons (Fsp3) is 0.167. The molecule has 0 spiro atoms. The molecule has 0 saturated heterocycles. The first-order chi connectivity index (χ1) is 12.5. The number of hydrogen-bond donors (Lipinski definition) is 1. The number of pyridine rings is 1. The molecule has 3 rings (SSSR count). The Kier molecular flexibility index (Phi) is 4.74. The highest BCUT2D eigenvalue weighted by Gasteiger charge is 2.45. The second kappa shape index (κ2) is 7.14. The number of aromatic nitrogens is 1. The maximum Gasteiger partial charge on any atom is 0.283 e. The third-order valence-electron chi connectivity index (χ3n) is 4.21. The van der Waals surface area contributed by atoms with Crippen LogP contribution in [-0.2, 0) is 6.42 Å². The number of allylic oxidation sites excluding steroid dienone is 2. The summed E-state index contributed by atoms with van der Waals surface area (Å²) in [6.45, 7) is 1.56. The minimum Gasteiger partial charge on any atom is -0.352 e. The highest BCUT2D eigenvalue weighted by Crippen LogP contribution is 2.38. The highest BCUT2D eigenvalue weighted by atomic mass is 16.6. The van der Waals surface area contributed by atoms with Gasteiger partial charge in [0, 0.05) is 18.8 Å². The third kappa shape index (κ3) is 3.30. The molecule has 8 heteroatoms. The lowest BCUT2D eigenvalue weighted by Crippen LogP contribution is -2.32. The standard InChI is InChI=1S/C18H16N4O4/c1-12-17(21(23)24)16(14-8-5-9-19-11-14)18(22(25)26)15(20-12)10-13-6-3-2-4-7-13/h2-9,11,16,20H,10H2,1H3. The third-order valence-corrected chi connectivity index (χ3v) is 4.21. The van der Waals surface area contributed by atoms with Gasteiger partial charge in [-0.15, -0.1) is 0 Å². The summed E-state index contributed by atoms with van der Waals surface area (Å²) >= 11 is 0. The topological polar surface area (TPSA) is 111 Å². The summed E-state index contributed by atoms with van der Waals surface area (Å²) in [4.78, 5) is 26.3. The van der Waals surface area contributed by atoms with Crippen molar-refractivity contribution < 1.29 is 9.85 Å². The van der Waals surface area contributed by atoms with E-state index in [-0.39, 0.29) is 17.8 Å². The Labute approximate surface area is 149 Å². The van der Waals surface area contributed by atoms with Gasteiger partial charge in [-0.05, 0) is 24.1 Å². The van der Waals surface area contributed by atoms with E-state index in [0.29, 0.717) is 17.0 Å². The van der Waals surface area contributed by atoms with E-state index in [1.54, 1.807) is 19.1 Å². The van der Waals surface area contributed by atoms with Crippen LogP contribution < -0.4 is 5.32 Å². The molecule has 132 valence electrons. The SMILES string of the molecule is CC1=C([N+](=O)[O-])C(c2cccnc2)C([N+](=O)[O-])=C(Cc2ccccc2)N1. The van der Waals surface area contributed by atoms with Gasteiger partial charge < -0.3 is 5.32 Å². The summed E-state index contributed by atoms with van der Waals surface area (Å²) in [7, 11) is 0. The number of dihydropyridines is 1. The number of nitrogens with zero attached hydrogens (tertiary/aromatic N) is 3. The fourth-order valence-electron chi connectivity index (χ4n) is 3.13. The molecule has 8 nitrogen and oxygen atoms in total. The molecule has 26 heavy (non-hydrogen) atoms. The van der Waals surface area contributed by atoms with Crippen LogP contribution in [0.4, 0.5) is 0 Å². The summed E-state index contributed by atoms with van der Waals surface area (Å²) < 4.78 is 0. The molecule has 0 amide bonds. The van der Waals surface area contributed by atoms with Crippen LogP contribution in [0, 0.1) is 20.2 Å². The lowest BCUT2D eigenvalue weighted by Gasteiger charge is -2.23. The molecule has 0 radical (unpaired) electrons. The first-order valence-electron chi connectivity index (χ1n) is 7.92. The summed E-state index contributed by atoms with van der Waals surface area (Å²) in [6.07, 6.45) is 3.22. The molecular weight excluding hydrogens is 336 g/mol. The molecule has 0 bridgehead atoms. The zero-order chi connectivity index (χ0) is 18.7. The van der Waals surface area contributed by atoms with Crippen LogP contribution in [0.2, 0.25) is 0 Å². The smallest absolute Gasteiger partial charge is 0.283 e. The van der Waals surface area contributed by atoms with Crippen molar-refractivity contribution in [3.63, 3.8) is 0 Å². The van der Waals surface area contributed by atoms with Crippen LogP contribution in [0.25, 0.3) is 0 Å². The normalized spacial score (nSPS) is 17.0. The van der Waals surface area contributed by atoms with Gasteiger partial charge in [-0.25, -0.2) is 0 Å². The monoisotopic (exact) mass is 352 g/mol. The number of rotatable bonds is 5. The van der Waals surface area contributed by atoms with Crippen molar-refractivity contribution >= 4 is 0 Å². The van der Waals surface area contributed by atoms with E-state index in [9.17, 15) is 20.2 Å². The number of hydrogen-bond acceptors (Lipinski definition) is 6. The molecule has 1 aliphatic heterocycles. The second-order valence-electron chi connectivity index (χ2n) is 5.90. The lowest BCUT2D eigenvalue weighted by atomic mass is 9.88. The van der Waals surface area contributed by atoms with Crippen molar-refractivity contribution in [2.24, 2.45) is 0 Å². The van der Waals surface area contributed by atoms with Gasteiger partial charge in [0.1, 0.15) is 0 Å². The Morgan fingerprint density at radius 2 is 1.73 bits per heavy atom. The molecule has 1 aromatic carbocycles. The molecule has 1 unspecified atom stereocenters. The van der Waals surface area contributed by atoms with Gasteiger partial charge in [-0.1, -0.05) is 36.4 Å². The average molecular weight is 352 g/mol. The van der Waals surface area contributed by atoms with Gasteiger partial charge in [-0.3, -0.25) is 25.2 Å². The van der Waals surface area contributed by atoms with Crippen LogP contribution in [0.5, 0.6) is 0 Å². The molecule has 1 aliphatic rings. The molecule has 0 saturated carbocycles. The molecule has 0 aliphatic carbocycles. The summed E-state index contributed by atoms with van der Waals surface area (Å²) in [5.41, 5.74) is 1.47. The Balaban J connectivity index is 2.17. The van der Waals surface area contributed by atoms with Crippen molar-refractivity contribution in [2.75, 3.05) is 0 Å². The van der Waals surface area contributed by atoms with E-state index in [2.05, 4.69) is 10.3 Å². The summed E-state index contributed by atoms with van der Waals surface area (Å²) in [5.74, 6) is -1.09. The predicted octanol–water partition coefficient (Wildman–Crippen LogP) is 3.01. The number of nitrogens with one attached hydrogen (secondary N) is 1. The van der Waals surface area contributed by atoms with Crippen molar-refractivity contribution in [3.05, 3.63) is 109 Å². The molecule has 0 fully saturated rings. The Morgan fingerprint density at radius 1 is 1.04 bits per heavy atom. The van der Waals surface area contributed by atoms with Crippen LogP contribution in [0.15, 0.2) is 77.6 Å². The van der Waals surface area contributed by atoms with Crippen LogP contribution >= 0.6 is 0 Å². The number of nitro groups is 2. The van der Waals surface area contributed by atoms with Crippen molar-refractivity contribution in [1.82, 2.24) is 10.3 Å². The summed E-state index contributed by atoms with van der Waals surface area (Å²) in [6, 6.07) is 12.5. The maximum absolute atomic E-state index is 11.9. The average Bonchev–Trinajstić information content (AvgIpc) is 2.62. The second-order valence-corrected chi connectivity index (χ2v) is 5.90.